The van der Waals surface area contributed by atoms with E-state index in [-0.39, 0.29) is 74.4 Å². The molecule has 0 spiro atoms. The van der Waals surface area contributed by atoms with Crippen molar-refractivity contribution < 1.29 is 27.2 Å². The number of unbranched alkanes of at least 4 members (excludes halogenated alkanes) is 7. The Hall–Kier alpha value is 0.240. The summed E-state index contributed by atoms with van der Waals surface area (Å²) in [5, 5.41) is 0. The average Bonchev–Trinajstić information content (AvgIpc) is 3.21. The van der Waals surface area contributed by atoms with E-state index >= 15 is 0 Å². The maximum atomic E-state index is 13.9. The van der Waals surface area contributed by atoms with Crippen LogP contribution in [-0.4, -0.2) is 114 Å². The SMILES string of the molecule is Cl.Cl.Cl.Cl.Cl.Cl.NCCCN(CCCN)CCP(=O)(OCCCCCCCCCCOP(=O)(CCN(CCCN)CCCN)OCCc1ccccc1)OCCc1ccccc1. The van der Waals surface area contributed by atoms with Gasteiger partial charge in [-0.1, -0.05) is 99.2 Å². The molecule has 0 aliphatic heterocycles. The molecule has 12 nitrogen and oxygen atoms in total. The molecular weight excluding hydrogens is 959 g/mol. The van der Waals surface area contributed by atoms with Crippen molar-refractivity contribution in [2.75, 3.05) is 104 Å². The van der Waals surface area contributed by atoms with Crippen LogP contribution in [0, 0.1) is 0 Å². The maximum absolute atomic E-state index is 13.9. The summed E-state index contributed by atoms with van der Waals surface area (Å²) in [5.74, 6) is 0. The number of nitrogens with zero attached hydrogens (tertiary/aromatic N) is 2. The third-order valence-electron chi connectivity index (χ3n) is 9.75. The Morgan fingerprint density at radius 2 is 0.645 bits per heavy atom. The number of hydrogen-bond acceptors (Lipinski definition) is 12. The molecule has 370 valence electrons. The molecule has 2 atom stereocenters. The van der Waals surface area contributed by atoms with Crippen LogP contribution in [0.5, 0.6) is 0 Å². The van der Waals surface area contributed by atoms with Gasteiger partial charge < -0.3 is 50.8 Å². The van der Waals surface area contributed by atoms with E-state index in [9.17, 15) is 9.13 Å². The van der Waals surface area contributed by atoms with Gasteiger partial charge in [-0.3, -0.25) is 9.13 Å². The lowest BCUT2D eigenvalue weighted by molar-refractivity contribution is 0.194. The average molecular weight is 1040 g/mol. The van der Waals surface area contributed by atoms with Gasteiger partial charge in [0.05, 0.1) is 38.8 Å². The summed E-state index contributed by atoms with van der Waals surface area (Å²) in [5.41, 5.74) is 25.3. The summed E-state index contributed by atoms with van der Waals surface area (Å²) in [6.45, 7) is 8.73. The molecule has 0 aliphatic carbocycles. The molecule has 0 saturated heterocycles. The first-order valence-corrected chi connectivity index (χ1v) is 24.9. The minimum atomic E-state index is -3.26. The molecule has 0 fully saturated rings. The van der Waals surface area contributed by atoms with E-state index in [1.165, 1.54) is 0 Å². The van der Waals surface area contributed by atoms with Gasteiger partial charge in [-0.05, 0) is 115 Å². The number of nitrogens with two attached hydrogens (primary N) is 4. The van der Waals surface area contributed by atoms with Crippen molar-refractivity contribution in [3.63, 3.8) is 0 Å². The molecule has 0 aliphatic rings. The van der Waals surface area contributed by atoms with Crippen LogP contribution < -0.4 is 22.9 Å². The summed E-state index contributed by atoms with van der Waals surface area (Å²) in [7, 11) is -6.52. The Bertz CT molecular complexity index is 1200. The van der Waals surface area contributed by atoms with Gasteiger partial charge in [-0.2, -0.15) is 0 Å². The van der Waals surface area contributed by atoms with Gasteiger partial charge >= 0.3 is 15.2 Å². The first-order valence-electron chi connectivity index (χ1n) is 21.4. The molecule has 20 heteroatoms. The minimum Gasteiger partial charge on any atom is -0.330 e. The van der Waals surface area contributed by atoms with E-state index < -0.39 is 15.2 Å². The number of rotatable bonds is 39. The first kappa shape index (κ1) is 71.2. The lowest BCUT2D eigenvalue weighted by atomic mass is 10.1. The van der Waals surface area contributed by atoms with Crippen molar-refractivity contribution in [3.05, 3.63) is 71.8 Å². The summed E-state index contributed by atoms with van der Waals surface area (Å²) < 4.78 is 51.8. The molecule has 2 unspecified atom stereocenters. The Morgan fingerprint density at radius 3 is 0.935 bits per heavy atom. The van der Waals surface area contributed by atoms with Crippen molar-refractivity contribution >= 4 is 89.6 Å². The van der Waals surface area contributed by atoms with Crippen LogP contribution in [0.1, 0.15) is 88.2 Å². The second kappa shape index (κ2) is 47.7. The molecule has 0 bridgehead atoms. The zero-order valence-electron chi connectivity index (χ0n) is 37.0. The normalized spacial score (nSPS) is 12.7. The fourth-order valence-corrected chi connectivity index (χ4v) is 9.63. The maximum Gasteiger partial charge on any atom is 0.331 e. The third kappa shape index (κ3) is 37.3. The smallest absolute Gasteiger partial charge is 0.330 e. The highest BCUT2D eigenvalue weighted by atomic mass is 35.5. The van der Waals surface area contributed by atoms with Crippen molar-refractivity contribution in [2.24, 2.45) is 22.9 Å². The molecule has 62 heavy (non-hydrogen) atoms. The summed E-state index contributed by atoms with van der Waals surface area (Å²) in [6, 6.07) is 20.2. The molecule has 0 radical (unpaired) electrons. The Labute approximate surface area is 413 Å². The van der Waals surface area contributed by atoms with Gasteiger partial charge in [0.2, 0.25) is 0 Å². The van der Waals surface area contributed by atoms with Gasteiger partial charge in [0, 0.05) is 13.1 Å². The second-order valence-corrected chi connectivity index (χ2v) is 18.9. The molecule has 8 N–H and O–H groups in total. The predicted molar refractivity (Wildman–Crippen MR) is 277 cm³/mol. The van der Waals surface area contributed by atoms with Crippen molar-refractivity contribution in [1.82, 2.24) is 9.80 Å². The third-order valence-corrected chi connectivity index (χ3v) is 13.6. The Kier molecular flexibility index (Phi) is 54.8. The van der Waals surface area contributed by atoms with Gasteiger partial charge in [0.1, 0.15) is 0 Å². The topological polar surface area (TPSA) is 182 Å². The molecule has 2 aromatic rings. The second-order valence-electron chi connectivity index (χ2n) is 14.6. The monoisotopic (exact) mass is 1040 g/mol. The van der Waals surface area contributed by atoms with Gasteiger partial charge in [-0.15, -0.1) is 74.4 Å². The van der Waals surface area contributed by atoms with Gasteiger partial charge in [0.25, 0.3) is 0 Å². The van der Waals surface area contributed by atoms with Crippen molar-refractivity contribution in [1.29, 1.82) is 0 Å². The molecule has 0 amide bonds. The van der Waals surface area contributed by atoms with E-state index in [2.05, 4.69) is 34.1 Å². The number of hydrogen-bond donors (Lipinski definition) is 4. The zero-order chi connectivity index (χ0) is 40.4. The fraction of sp³-hybridized carbons (Fsp3) is 0.714. The highest BCUT2D eigenvalue weighted by molar-refractivity contribution is 7.54. The van der Waals surface area contributed by atoms with E-state index in [0.29, 0.717) is 90.9 Å². The molecular formula is C42H84Cl6N6O6P2. The summed E-state index contributed by atoms with van der Waals surface area (Å²) >= 11 is 0. The zero-order valence-corrected chi connectivity index (χ0v) is 43.7. The highest BCUT2D eigenvalue weighted by Gasteiger charge is 2.27. The summed E-state index contributed by atoms with van der Waals surface area (Å²) in [4.78, 5) is 4.54. The van der Waals surface area contributed by atoms with E-state index in [0.717, 1.165) is 114 Å². The van der Waals surface area contributed by atoms with Crippen LogP contribution in [0.25, 0.3) is 0 Å². The van der Waals surface area contributed by atoms with E-state index in [4.69, 9.17) is 41.0 Å². The fourth-order valence-electron chi connectivity index (χ4n) is 6.36. The van der Waals surface area contributed by atoms with Crippen LogP contribution in [0.3, 0.4) is 0 Å². The lowest BCUT2D eigenvalue weighted by Gasteiger charge is -2.25. The summed E-state index contributed by atoms with van der Waals surface area (Å²) in [6.07, 6.45) is 13.8. The standard InChI is InChI=1S/C42H78N6O6P2.6ClH/c43-25-15-29-47(30-16-26-44)33-39-55(49,53-37-23-41-19-9-7-10-20-41)51-35-13-5-3-1-2-4-6-14-36-52-56(50,54-38-24-42-21-11-8-12-22-42)40-34-48(31-17-27-45)32-18-28-46;;;;;;/h7-12,19-22H,1-6,13-18,23-40,43-46H2;6*1H. The lowest BCUT2D eigenvalue weighted by Crippen LogP contribution is -2.31. The highest BCUT2D eigenvalue weighted by Crippen LogP contribution is 2.49. The van der Waals surface area contributed by atoms with Crippen LogP contribution in [0.2, 0.25) is 0 Å². The van der Waals surface area contributed by atoms with Crippen LogP contribution in [0.4, 0.5) is 0 Å². The van der Waals surface area contributed by atoms with Gasteiger partial charge in [-0.25, -0.2) is 0 Å². The Morgan fingerprint density at radius 1 is 0.371 bits per heavy atom. The van der Waals surface area contributed by atoms with Gasteiger partial charge in [0.15, 0.2) is 0 Å². The molecule has 2 rings (SSSR count). The van der Waals surface area contributed by atoms with Crippen LogP contribution >= 0.6 is 89.6 Å². The minimum absolute atomic E-state index is 0. The molecule has 0 heterocycles. The largest absolute Gasteiger partial charge is 0.331 e. The van der Waals surface area contributed by atoms with E-state index in [1.807, 2.05) is 36.4 Å². The Balaban J connectivity index is -0.00000180. The molecule has 0 saturated carbocycles. The van der Waals surface area contributed by atoms with Crippen LogP contribution in [0.15, 0.2) is 60.7 Å². The van der Waals surface area contributed by atoms with Crippen molar-refractivity contribution in [3.8, 4) is 0 Å². The number of halogens is 6. The van der Waals surface area contributed by atoms with Crippen LogP contribution in [-0.2, 0) is 40.1 Å². The molecule has 0 aromatic heterocycles. The van der Waals surface area contributed by atoms with E-state index in [1.54, 1.807) is 0 Å². The van der Waals surface area contributed by atoms with Crippen molar-refractivity contribution in [2.45, 2.75) is 89.9 Å². The molecule has 2 aromatic carbocycles. The predicted octanol–water partition coefficient (Wildman–Crippen LogP) is 9.58. The number of benzene rings is 2. The quantitative estimate of drug-likeness (QED) is 0.0368. The first-order chi connectivity index (χ1) is 27.3.